The van der Waals surface area contributed by atoms with E-state index in [-0.39, 0.29) is 5.75 Å². The van der Waals surface area contributed by atoms with Gasteiger partial charge in [-0.2, -0.15) is 10.2 Å². The van der Waals surface area contributed by atoms with Crippen molar-refractivity contribution in [3.63, 3.8) is 0 Å². The van der Waals surface area contributed by atoms with Crippen molar-refractivity contribution in [2.45, 2.75) is 6.92 Å². The molecule has 7 heteroatoms. The predicted octanol–water partition coefficient (Wildman–Crippen LogP) is 3.28. The topological polar surface area (TPSA) is 88.2 Å². The molecule has 0 unspecified atom stereocenters. The second-order valence-corrected chi connectivity index (χ2v) is 5.81. The standard InChI is InChI=1S/C19H16N6O/c1-13-9-23-25(11-13)19-8-18(20-12-21-19)24-22-10-16-15-5-3-2-4-14(15)6-7-17(16)26/h2-12,26H,1H3,(H,20,21,24). The molecule has 4 rings (SSSR count). The summed E-state index contributed by atoms with van der Waals surface area (Å²) in [6.07, 6.45) is 6.66. The van der Waals surface area contributed by atoms with Gasteiger partial charge in [-0.25, -0.2) is 14.6 Å². The summed E-state index contributed by atoms with van der Waals surface area (Å²) in [6.45, 7) is 1.96. The van der Waals surface area contributed by atoms with E-state index in [1.807, 2.05) is 43.5 Å². The molecule has 2 aromatic carbocycles. The second-order valence-electron chi connectivity index (χ2n) is 5.81. The number of hydrogen-bond donors (Lipinski definition) is 2. The molecule has 0 bridgehead atoms. The van der Waals surface area contributed by atoms with Gasteiger partial charge in [-0.1, -0.05) is 30.3 Å². The lowest BCUT2D eigenvalue weighted by Gasteiger charge is -2.05. The Balaban J connectivity index is 1.59. The highest BCUT2D eigenvalue weighted by Gasteiger charge is 2.05. The Hall–Kier alpha value is -3.74. The van der Waals surface area contributed by atoms with E-state index < -0.39 is 0 Å². The zero-order chi connectivity index (χ0) is 17.9. The molecule has 0 spiro atoms. The highest BCUT2D eigenvalue weighted by molar-refractivity contribution is 6.02. The molecule has 0 radical (unpaired) electrons. The summed E-state index contributed by atoms with van der Waals surface area (Å²) in [6, 6.07) is 13.1. The molecule has 0 aliphatic rings. The van der Waals surface area contributed by atoms with Crippen LogP contribution in [0.5, 0.6) is 5.75 Å². The third-order valence-corrected chi connectivity index (χ3v) is 3.92. The Morgan fingerprint density at radius 3 is 2.88 bits per heavy atom. The SMILES string of the molecule is Cc1cnn(-c2cc(NN=Cc3c(O)ccc4ccccc34)ncn2)c1. The Morgan fingerprint density at radius 2 is 2.04 bits per heavy atom. The first-order valence-corrected chi connectivity index (χ1v) is 8.04. The lowest BCUT2D eigenvalue weighted by atomic mass is 10.0. The Labute approximate surface area is 149 Å². The number of nitrogens with one attached hydrogen (secondary N) is 1. The summed E-state index contributed by atoms with van der Waals surface area (Å²) >= 11 is 0. The van der Waals surface area contributed by atoms with E-state index in [2.05, 4.69) is 25.6 Å². The largest absolute Gasteiger partial charge is 0.507 e. The summed E-state index contributed by atoms with van der Waals surface area (Å²) in [5.74, 6) is 1.34. The molecule has 4 aromatic rings. The van der Waals surface area contributed by atoms with Crippen LogP contribution >= 0.6 is 0 Å². The van der Waals surface area contributed by atoms with Gasteiger partial charge in [0.25, 0.3) is 0 Å². The van der Waals surface area contributed by atoms with E-state index in [4.69, 9.17) is 0 Å². The first-order chi connectivity index (χ1) is 12.7. The van der Waals surface area contributed by atoms with Gasteiger partial charge in [0.2, 0.25) is 0 Å². The third kappa shape index (κ3) is 3.10. The number of hydrogen-bond acceptors (Lipinski definition) is 6. The maximum atomic E-state index is 10.1. The normalized spacial score (nSPS) is 11.3. The van der Waals surface area contributed by atoms with Crippen molar-refractivity contribution in [3.8, 4) is 11.6 Å². The highest BCUT2D eigenvalue weighted by Crippen LogP contribution is 2.25. The van der Waals surface area contributed by atoms with Gasteiger partial charge in [0.15, 0.2) is 11.6 Å². The Morgan fingerprint density at radius 1 is 1.15 bits per heavy atom. The number of phenols is 1. The first kappa shape index (κ1) is 15.8. The Bertz CT molecular complexity index is 1100. The molecular weight excluding hydrogens is 328 g/mol. The lowest BCUT2D eigenvalue weighted by molar-refractivity contribution is 0.475. The number of anilines is 1. The molecule has 0 saturated heterocycles. The predicted molar refractivity (Wildman–Crippen MR) is 101 cm³/mol. The quantitative estimate of drug-likeness (QED) is 0.438. The summed E-state index contributed by atoms with van der Waals surface area (Å²) < 4.78 is 1.67. The fourth-order valence-corrected chi connectivity index (χ4v) is 2.65. The van der Waals surface area contributed by atoms with Gasteiger partial charge in [-0.15, -0.1) is 0 Å². The van der Waals surface area contributed by atoms with Crippen molar-refractivity contribution in [1.82, 2.24) is 19.7 Å². The fourth-order valence-electron chi connectivity index (χ4n) is 2.65. The number of hydrazone groups is 1. The van der Waals surface area contributed by atoms with Crippen molar-refractivity contribution in [2.24, 2.45) is 5.10 Å². The number of aromatic hydroxyl groups is 1. The number of phenolic OH excluding ortho intramolecular Hbond substituents is 1. The monoisotopic (exact) mass is 344 g/mol. The zero-order valence-electron chi connectivity index (χ0n) is 14.0. The first-order valence-electron chi connectivity index (χ1n) is 8.04. The van der Waals surface area contributed by atoms with Gasteiger partial charge in [0, 0.05) is 17.8 Å². The molecule has 26 heavy (non-hydrogen) atoms. The number of fused-ring (bicyclic) bond motifs is 1. The molecular formula is C19H16N6O. The van der Waals surface area contributed by atoms with Gasteiger partial charge >= 0.3 is 0 Å². The smallest absolute Gasteiger partial charge is 0.158 e. The van der Waals surface area contributed by atoms with Crippen LogP contribution in [0.2, 0.25) is 0 Å². The van der Waals surface area contributed by atoms with Gasteiger partial charge in [0.1, 0.15) is 12.1 Å². The van der Waals surface area contributed by atoms with Crippen molar-refractivity contribution in [1.29, 1.82) is 0 Å². The van der Waals surface area contributed by atoms with Gasteiger partial charge in [-0.3, -0.25) is 5.43 Å². The van der Waals surface area contributed by atoms with E-state index in [0.717, 1.165) is 16.3 Å². The summed E-state index contributed by atoms with van der Waals surface area (Å²) in [7, 11) is 0. The van der Waals surface area contributed by atoms with E-state index in [1.54, 1.807) is 29.2 Å². The molecule has 0 saturated carbocycles. The minimum atomic E-state index is 0.171. The van der Waals surface area contributed by atoms with Crippen molar-refractivity contribution in [3.05, 3.63) is 72.3 Å². The maximum absolute atomic E-state index is 10.1. The molecule has 2 heterocycles. The number of nitrogens with zero attached hydrogens (tertiary/aromatic N) is 5. The van der Waals surface area contributed by atoms with Crippen LogP contribution < -0.4 is 5.43 Å². The van der Waals surface area contributed by atoms with Crippen LogP contribution in [-0.2, 0) is 0 Å². The molecule has 0 atom stereocenters. The zero-order valence-corrected chi connectivity index (χ0v) is 14.0. The van der Waals surface area contributed by atoms with E-state index in [1.165, 1.54) is 6.33 Å². The molecule has 2 aromatic heterocycles. The molecule has 0 aliphatic carbocycles. The van der Waals surface area contributed by atoms with Crippen LogP contribution in [0.3, 0.4) is 0 Å². The lowest BCUT2D eigenvalue weighted by Crippen LogP contribution is -2.01. The molecule has 0 fully saturated rings. The average molecular weight is 344 g/mol. The van der Waals surface area contributed by atoms with E-state index in [0.29, 0.717) is 17.2 Å². The van der Waals surface area contributed by atoms with Crippen molar-refractivity contribution >= 4 is 22.8 Å². The van der Waals surface area contributed by atoms with Crippen LogP contribution in [-0.4, -0.2) is 31.1 Å². The average Bonchev–Trinajstić information content (AvgIpc) is 3.10. The number of aryl methyl sites for hydroxylation is 1. The van der Waals surface area contributed by atoms with E-state index >= 15 is 0 Å². The van der Waals surface area contributed by atoms with Gasteiger partial charge in [0.05, 0.1) is 12.4 Å². The number of aromatic nitrogens is 4. The molecule has 7 nitrogen and oxygen atoms in total. The minimum Gasteiger partial charge on any atom is -0.507 e. The van der Waals surface area contributed by atoms with Gasteiger partial charge < -0.3 is 5.11 Å². The maximum Gasteiger partial charge on any atom is 0.158 e. The molecule has 0 amide bonds. The van der Waals surface area contributed by atoms with Crippen LogP contribution in [0.1, 0.15) is 11.1 Å². The van der Waals surface area contributed by atoms with Gasteiger partial charge in [-0.05, 0) is 29.3 Å². The third-order valence-electron chi connectivity index (χ3n) is 3.92. The highest BCUT2D eigenvalue weighted by atomic mass is 16.3. The van der Waals surface area contributed by atoms with Crippen molar-refractivity contribution < 1.29 is 5.11 Å². The fraction of sp³-hybridized carbons (Fsp3) is 0.0526. The summed E-state index contributed by atoms with van der Waals surface area (Å²) in [5.41, 5.74) is 4.56. The summed E-state index contributed by atoms with van der Waals surface area (Å²) in [4.78, 5) is 8.35. The molecule has 0 aliphatic heterocycles. The number of rotatable bonds is 4. The second kappa shape index (κ2) is 6.64. The Kier molecular flexibility index (Phi) is 4.03. The van der Waals surface area contributed by atoms with Crippen LogP contribution in [0.25, 0.3) is 16.6 Å². The molecule has 2 N–H and O–H groups in total. The number of benzene rings is 2. The van der Waals surface area contributed by atoms with Crippen LogP contribution in [0.15, 0.2) is 66.3 Å². The van der Waals surface area contributed by atoms with Crippen LogP contribution in [0.4, 0.5) is 5.82 Å². The molecule has 128 valence electrons. The minimum absolute atomic E-state index is 0.171. The van der Waals surface area contributed by atoms with E-state index in [9.17, 15) is 5.11 Å². The van der Waals surface area contributed by atoms with Crippen molar-refractivity contribution in [2.75, 3.05) is 5.43 Å². The van der Waals surface area contributed by atoms with Crippen LogP contribution in [0, 0.1) is 6.92 Å². The summed E-state index contributed by atoms with van der Waals surface area (Å²) in [5, 5.41) is 20.5.